The maximum atomic E-state index is 9.29. The molecule has 0 bridgehead atoms. The molecule has 0 saturated heterocycles. The predicted octanol–water partition coefficient (Wildman–Crippen LogP) is 2.14. The molecule has 1 aromatic carbocycles. The minimum absolute atomic E-state index is 0.296. The van der Waals surface area contributed by atoms with E-state index in [4.69, 9.17) is 4.74 Å². The molecule has 0 aliphatic carbocycles. The average molecular weight is 192 g/mol. The van der Waals surface area contributed by atoms with Crippen LogP contribution in [0.2, 0.25) is 0 Å². The highest BCUT2D eigenvalue weighted by Crippen LogP contribution is 2.06. The first-order valence-corrected chi connectivity index (χ1v) is 4.70. The molecule has 2 atom stereocenters. The average Bonchev–Trinajstić information content (AvgIpc) is 2.20. The number of benzene rings is 1. The number of ether oxygens (including phenoxy) is 1. The number of hydrogen-bond donors (Lipinski definition) is 1. The van der Waals surface area contributed by atoms with Crippen molar-refractivity contribution in [3.8, 4) is 0 Å². The van der Waals surface area contributed by atoms with Crippen molar-refractivity contribution in [1.29, 1.82) is 0 Å². The van der Waals surface area contributed by atoms with Crippen LogP contribution >= 0.6 is 0 Å². The molecule has 0 fully saturated rings. The number of aliphatic hydroxyl groups excluding tert-OH is 1. The zero-order chi connectivity index (χ0) is 10.4. The van der Waals surface area contributed by atoms with E-state index >= 15 is 0 Å². The molecule has 0 aromatic heterocycles. The van der Waals surface area contributed by atoms with Gasteiger partial charge >= 0.3 is 0 Å². The van der Waals surface area contributed by atoms with Crippen molar-refractivity contribution in [2.24, 2.45) is 0 Å². The summed E-state index contributed by atoms with van der Waals surface area (Å²) in [5, 5.41) is 9.29. The van der Waals surface area contributed by atoms with Gasteiger partial charge in [-0.05, 0) is 12.5 Å². The van der Waals surface area contributed by atoms with Gasteiger partial charge in [-0.3, -0.25) is 0 Å². The van der Waals surface area contributed by atoms with Gasteiger partial charge in [0, 0.05) is 0 Å². The van der Waals surface area contributed by atoms with E-state index in [0.29, 0.717) is 6.61 Å². The van der Waals surface area contributed by atoms with Crippen LogP contribution in [-0.2, 0) is 11.3 Å². The lowest BCUT2D eigenvalue weighted by molar-refractivity contribution is -0.00981. The van der Waals surface area contributed by atoms with Crippen LogP contribution in [0, 0.1) is 0 Å². The van der Waals surface area contributed by atoms with Crippen LogP contribution in [0.15, 0.2) is 43.0 Å². The molecule has 0 spiro atoms. The van der Waals surface area contributed by atoms with Gasteiger partial charge in [-0.2, -0.15) is 0 Å². The summed E-state index contributed by atoms with van der Waals surface area (Å²) in [4.78, 5) is 0. The lowest BCUT2D eigenvalue weighted by Crippen LogP contribution is -2.23. The predicted molar refractivity (Wildman–Crippen MR) is 56.9 cm³/mol. The van der Waals surface area contributed by atoms with E-state index in [9.17, 15) is 5.11 Å². The van der Waals surface area contributed by atoms with Gasteiger partial charge in [0.05, 0.1) is 12.7 Å². The molecule has 2 heteroatoms. The van der Waals surface area contributed by atoms with Gasteiger partial charge < -0.3 is 9.84 Å². The standard InChI is InChI=1S/C12H16O2/c1-3-12(10(2)13)14-9-11-7-5-4-6-8-11/h3-8,10,12-13H,1,9H2,2H3/t10-,12+/m1/s1. The number of aliphatic hydroxyl groups is 1. The first-order valence-electron chi connectivity index (χ1n) is 4.70. The molecule has 14 heavy (non-hydrogen) atoms. The summed E-state index contributed by atoms with van der Waals surface area (Å²) in [5.74, 6) is 0. The van der Waals surface area contributed by atoms with Gasteiger partial charge in [0.25, 0.3) is 0 Å². The summed E-state index contributed by atoms with van der Waals surface area (Å²) in [5.41, 5.74) is 1.10. The third-order valence-corrected chi connectivity index (χ3v) is 1.99. The normalized spacial score (nSPS) is 14.7. The molecule has 0 saturated carbocycles. The van der Waals surface area contributed by atoms with Gasteiger partial charge in [-0.25, -0.2) is 0 Å². The van der Waals surface area contributed by atoms with Crippen molar-refractivity contribution >= 4 is 0 Å². The van der Waals surface area contributed by atoms with E-state index in [2.05, 4.69) is 6.58 Å². The highest BCUT2D eigenvalue weighted by molar-refractivity contribution is 5.13. The van der Waals surface area contributed by atoms with Crippen molar-refractivity contribution < 1.29 is 9.84 Å². The second kappa shape index (κ2) is 5.58. The van der Waals surface area contributed by atoms with Crippen molar-refractivity contribution in [3.63, 3.8) is 0 Å². The minimum atomic E-state index is -0.517. The number of rotatable bonds is 5. The molecular formula is C12H16O2. The Morgan fingerprint density at radius 3 is 2.57 bits per heavy atom. The smallest absolute Gasteiger partial charge is 0.101 e. The molecule has 0 aliphatic rings. The lowest BCUT2D eigenvalue weighted by atomic mass is 10.2. The van der Waals surface area contributed by atoms with Gasteiger partial charge in [0.15, 0.2) is 0 Å². The van der Waals surface area contributed by atoms with Crippen LogP contribution in [0.1, 0.15) is 12.5 Å². The number of hydrogen-bond acceptors (Lipinski definition) is 2. The summed E-state index contributed by atoms with van der Waals surface area (Å²) >= 11 is 0. The molecule has 1 aromatic rings. The Balaban J connectivity index is 2.43. The third-order valence-electron chi connectivity index (χ3n) is 1.99. The van der Waals surface area contributed by atoms with Crippen molar-refractivity contribution in [1.82, 2.24) is 0 Å². The molecule has 0 amide bonds. The maximum absolute atomic E-state index is 9.29. The van der Waals surface area contributed by atoms with Crippen LogP contribution in [0.5, 0.6) is 0 Å². The minimum Gasteiger partial charge on any atom is -0.390 e. The van der Waals surface area contributed by atoms with Gasteiger partial charge in [0.1, 0.15) is 6.10 Å². The lowest BCUT2D eigenvalue weighted by Gasteiger charge is -2.16. The topological polar surface area (TPSA) is 29.5 Å². The van der Waals surface area contributed by atoms with Crippen molar-refractivity contribution in [3.05, 3.63) is 48.6 Å². The molecular weight excluding hydrogens is 176 g/mol. The highest BCUT2D eigenvalue weighted by Gasteiger charge is 2.10. The van der Waals surface area contributed by atoms with E-state index in [0.717, 1.165) is 5.56 Å². The van der Waals surface area contributed by atoms with Crippen LogP contribution in [0.3, 0.4) is 0 Å². The van der Waals surface area contributed by atoms with E-state index in [1.165, 1.54) is 0 Å². The molecule has 76 valence electrons. The second-order valence-electron chi connectivity index (χ2n) is 3.24. The summed E-state index contributed by atoms with van der Waals surface area (Å²) in [6.07, 6.45) is 0.805. The summed E-state index contributed by atoms with van der Waals surface area (Å²) in [6, 6.07) is 9.86. The Labute approximate surface area is 84.8 Å². The fourth-order valence-electron chi connectivity index (χ4n) is 1.17. The quantitative estimate of drug-likeness (QED) is 0.724. The zero-order valence-corrected chi connectivity index (χ0v) is 8.39. The third kappa shape index (κ3) is 3.32. The van der Waals surface area contributed by atoms with Crippen molar-refractivity contribution in [2.75, 3.05) is 0 Å². The Morgan fingerprint density at radius 2 is 2.07 bits per heavy atom. The van der Waals surface area contributed by atoms with Gasteiger partial charge in [-0.1, -0.05) is 36.4 Å². The monoisotopic (exact) mass is 192 g/mol. The highest BCUT2D eigenvalue weighted by atomic mass is 16.5. The van der Waals surface area contributed by atoms with E-state index in [1.54, 1.807) is 13.0 Å². The Bertz CT molecular complexity index is 267. The van der Waals surface area contributed by atoms with Crippen LogP contribution in [-0.4, -0.2) is 17.3 Å². The fraction of sp³-hybridized carbons (Fsp3) is 0.333. The Morgan fingerprint density at radius 1 is 1.43 bits per heavy atom. The summed E-state index contributed by atoms with van der Waals surface area (Å²) < 4.78 is 5.47. The molecule has 1 rings (SSSR count). The molecule has 0 aliphatic heterocycles. The van der Waals surface area contributed by atoms with E-state index in [-0.39, 0.29) is 6.10 Å². The van der Waals surface area contributed by atoms with Crippen LogP contribution in [0.4, 0.5) is 0 Å². The maximum Gasteiger partial charge on any atom is 0.101 e. The first kappa shape index (κ1) is 11.0. The molecule has 0 unspecified atom stereocenters. The zero-order valence-electron chi connectivity index (χ0n) is 8.39. The Kier molecular flexibility index (Phi) is 4.36. The van der Waals surface area contributed by atoms with Crippen molar-refractivity contribution in [2.45, 2.75) is 25.7 Å². The van der Waals surface area contributed by atoms with Crippen LogP contribution < -0.4 is 0 Å². The van der Waals surface area contributed by atoms with Crippen LogP contribution in [0.25, 0.3) is 0 Å². The molecule has 1 N–H and O–H groups in total. The first-order chi connectivity index (χ1) is 6.74. The molecule has 2 nitrogen and oxygen atoms in total. The van der Waals surface area contributed by atoms with Gasteiger partial charge in [-0.15, -0.1) is 6.58 Å². The van der Waals surface area contributed by atoms with Gasteiger partial charge in [0.2, 0.25) is 0 Å². The largest absolute Gasteiger partial charge is 0.390 e. The SMILES string of the molecule is C=C[C@H](OCc1ccccc1)[C@@H](C)O. The Hall–Kier alpha value is -1.12. The summed E-state index contributed by atoms with van der Waals surface area (Å²) in [6.45, 7) is 5.80. The molecule has 0 radical (unpaired) electrons. The second-order valence-corrected chi connectivity index (χ2v) is 3.24. The summed E-state index contributed by atoms with van der Waals surface area (Å²) in [7, 11) is 0. The van der Waals surface area contributed by atoms with E-state index < -0.39 is 6.10 Å². The van der Waals surface area contributed by atoms with E-state index in [1.807, 2.05) is 30.3 Å². The molecule has 0 heterocycles. The fourth-order valence-corrected chi connectivity index (χ4v) is 1.17.